The van der Waals surface area contributed by atoms with Gasteiger partial charge in [0.1, 0.15) is 0 Å². The highest BCUT2D eigenvalue weighted by Gasteiger charge is 2.35. The number of nitrogens with two attached hydrogens (primary N) is 1. The summed E-state index contributed by atoms with van der Waals surface area (Å²) in [7, 11) is 0. The third-order valence-electron chi connectivity index (χ3n) is 5.36. The van der Waals surface area contributed by atoms with E-state index in [1.54, 1.807) is 0 Å². The zero-order chi connectivity index (χ0) is 16.3. The number of carbonyl (C=O) groups excluding carboxylic acids is 1. The topological polar surface area (TPSA) is 43.1 Å². The number of hydrogen-bond donors (Lipinski definition) is 1. The van der Waals surface area contributed by atoms with Crippen LogP contribution in [0.15, 0.2) is 23.3 Å². The minimum Gasteiger partial charge on any atom is -0.369 e. The molecule has 0 aromatic heterocycles. The monoisotopic (exact) mass is 291 g/mol. The van der Waals surface area contributed by atoms with E-state index < -0.39 is 0 Å². The van der Waals surface area contributed by atoms with Crippen molar-refractivity contribution in [1.82, 2.24) is 0 Å². The molecule has 2 nitrogen and oxygen atoms in total. The molecule has 0 bridgehead atoms. The highest BCUT2D eigenvalue weighted by Crippen LogP contribution is 2.43. The van der Waals surface area contributed by atoms with Crippen LogP contribution >= 0.6 is 0 Å². The van der Waals surface area contributed by atoms with E-state index in [2.05, 4.69) is 46.8 Å². The van der Waals surface area contributed by atoms with Crippen LogP contribution < -0.4 is 5.73 Å². The Morgan fingerprint density at radius 1 is 1.48 bits per heavy atom. The minimum absolute atomic E-state index is 0.161. The molecule has 1 atom stereocenters. The molecule has 1 amide bonds. The Labute approximate surface area is 130 Å². The van der Waals surface area contributed by atoms with Crippen LogP contribution in [-0.2, 0) is 4.79 Å². The van der Waals surface area contributed by atoms with Gasteiger partial charge < -0.3 is 5.73 Å². The summed E-state index contributed by atoms with van der Waals surface area (Å²) in [5.41, 5.74) is 8.37. The molecule has 1 unspecified atom stereocenters. The second kappa shape index (κ2) is 6.81. The van der Waals surface area contributed by atoms with Gasteiger partial charge >= 0.3 is 0 Å². The van der Waals surface area contributed by atoms with Crippen LogP contribution in [0.1, 0.15) is 73.6 Å². The van der Waals surface area contributed by atoms with Gasteiger partial charge in [-0.05, 0) is 50.4 Å². The van der Waals surface area contributed by atoms with Gasteiger partial charge in [-0.25, -0.2) is 0 Å². The second-order valence-electron chi connectivity index (χ2n) is 7.88. The summed E-state index contributed by atoms with van der Waals surface area (Å²) in [4.78, 5) is 11.5. The van der Waals surface area contributed by atoms with Crippen molar-refractivity contribution in [2.24, 2.45) is 22.5 Å². The summed E-state index contributed by atoms with van der Waals surface area (Å²) in [6.07, 6.45) is 9.62. The van der Waals surface area contributed by atoms with E-state index in [4.69, 9.17) is 5.73 Å². The number of rotatable bonds is 6. The van der Waals surface area contributed by atoms with E-state index in [-0.39, 0.29) is 16.7 Å². The Balaban J connectivity index is 2.66. The lowest BCUT2D eigenvalue weighted by atomic mass is 9.69. The lowest BCUT2D eigenvalue weighted by molar-refractivity contribution is -0.127. The average Bonchev–Trinajstić information content (AvgIpc) is 2.38. The molecule has 120 valence electrons. The quantitative estimate of drug-likeness (QED) is 0.688. The number of primary amides is 1. The van der Waals surface area contributed by atoms with E-state index >= 15 is 0 Å². The molecule has 0 aliphatic heterocycles. The number of carbonyl (C=O) groups is 1. The maximum atomic E-state index is 11.5. The fraction of sp³-hybridized carbons (Fsp3) is 0.737. The zero-order valence-electron chi connectivity index (χ0n) is 14.8. The predicted octanol–water partition coefficient (Wildman–Crippen LogP) is 5.00. The van der Waals surface area contributed by atoms with E-state index in [9.17, 15) is 4.79 Å². The standard InChI is InChI=1S/C19H33NO/c1-14(2)15(3)8-7-11-18(4,5)16-9-12-19(6,13-10-16)17(20)21/h8-9,14H,7,10-13H2,1-6H3,(H2,20,21)/b15-8+. The zero-order valence-corrected chi connectivity index (χ0v) is 14.8. The second-order valence-corrected chi connectivity index (χ2v) is 7.88. The third kappa shape index (κ3) is 4.72. The van der Waals surface area contributed by atoms with Gasteiger partial charge in [0.2, 0.25) is 5.91 Å². The highest BCUT2D eigenvalue weighted by molar-refractivity contribution is 5.80. The molecule has 0 fully saturated rings. The molecule has 0 radical (unpaired) electrons. The molecular weight excluding hydrogens is 258 g/mol. The summed E-state index contributed by atoms with van der Waals surface area (Å²) in [6, 6.07) is 0. The Kier molecular flexibility index (Phi) is 5.83. The number of allylic oxidation sites excluding steroid dienone is 4. The van der Waals surface area contributed by atoms with Crippen molar-refractivity contribution in [3.8, 4) is 0 Å². The Morgan fingerprint density at radius 3 is 2.52 bits per heavy atom. The largest absolute Gasteiger partial charge is 0.369 e. The van der Waals surface area contributed by atoms with Crippen molar-refractivity contribution in [3.05, 3.63) is 23.3 Å². The highest BCUT2D eigenvalue weighted by atomic mass is 16.1. The van der Waals surface area contributed by atoms with Gasteiger partial charge in [-0.15, -0.1) is 0 Å². The smallest absolute Gasteiger partial charge is 0.223 e. The number of amides is 1. The molecule has 21 heavy (non-hydrogen) atoms. The first-order chi connectivity index (χ1) is 9.58. The third-order valence-corrected chi connectivity index (χ3v) is 5.36. The molecule has 0 spiro atoms. The summed E-state index contributed by atoms with van der Waals surface area (Å²) in [6.45, 7) is 13.3. The summed E-state index contributed by atoms with van der Waals surface area (Å²) < 4.78 is 0. The van der Waals surface area contributed by atoms with E-state index in [1.165, 1.54) is 11.1 Å². The Bertz CT molecular complexity index is 442. The Hall–Kier alpha value is -1.05. The molecule has 1 aliphatic rings. The molecule has 2 heteroatoms. The fourth-order valence-corrected chi connectivity index (χ4v) is 2.86. The molecule has 0 heterocycles. The van der Waals surface area contributed by atoms with Crippen molar-refractivity contribution in [2.75, 3.05) is 0 Å². The van der Waals surface area contributed by atoms with Gasteiger partial charge in [0.25, 0.3) is 0 Å². The van der Waals surface area contributed by atoms with Crippen LogP contribution in [0.2, 0.25) is 0 Å². The normalized spacial score (nSPS) is 24.1. The van der Waals surface area contributed by atoms with Crippen molar-refractivity contribution < 1.29 is 4.79 Å². The SMILES string of the molecule is C/C(=C\CCC(C)(C)C1=CCC(C)(C(N)=O)CC1)C(C)C. The van der Waals surface area contributed by atoms with Gasteiger partial charge in [-0.3, -0.25) is 4.79 Å². The van der Waals surface area contributed by atoms with E-state index in [1.807, 2.05) is 6.92 Å². The van der Waals surface area contributed by atoms with Gasteiger partial charge in [0.15, 0.2) is 0 Å². The predicted molar refractivity (Wildman–Crippen MR) is 90.8 cm³/mol. The van der Waals surface area contributed by atoms with Crippen LogP contribution in [0, 0.1) is 16.7 Å². The first-order valence-electron chi connectivity index (χ1n) is 8.24. The first kappa shape index (κ1) is 18.0. The van der Waals surface area contributed by atoms with Crippen molar-refractivity contribution in [1.29, 1.82) is 0 Å². The molecule has 1 rings (SSSR count). The van der Waals surface area contributed by atoms with Crippen molar-refractivity contribution in [2.45, 2.75) is 73.6 Å². The minimum atomic E-state index is -0.340. The van der Waals surface area contributed by atoms with Crippen LogP contribution in [0.3, 0.4) is 0 Å². The lowest BCUT2D eigenvalue weighted by Crippen LogP contribution is -2.36. The molecular formula is C19H33NO. The van der Waals surface area contributed by atoms with E-state index in [0.717, 1.165) is 32.1 Å². The summed E-state index contributed by atoms with van der Waals surface area (Å²) in [5, 5.41) is 0. The van der Waals surface area contributed by atoms with Gasteiger partial charge in [0, 0.05) is 5.41 Å². The summed E-state index contributed by atoms with van der Waals surface area (Å²) >= 11 is 0. The maximum absolute atomic E-state index is 11.5. The first-order valence-corrected chi connectivity index (χ1v) is 8.24. The van der Waals surface area contributed by atoms with Crippen LogP contribution in [-0.4, -0.2) is 5.91 Å². The van der Waals surface area contributed by atoms with Crippen LogP contribution in [0.5, 0.6) is 0 Å². The molecule has 2 N–H and O–H groups in total. The van der Waals surface area contributed by atoms with Crippen LogP contribution in [0.4, 0.5) is 0 Å². The van der Waals surface area contributed by atoms with Crippen molar-refractivity contribution in [3.63, 3.8) is 0 Å². The molecule has 0 saturated heterocycles. The van der Waals surface area contributed by atoms with E-state index in [0.29, 0.717) is 5.92 Å². The Morgan fingerprint density at radius 2 is 2.10 bits per heavy atom. The maximum Gasteiger partial charge on any atom is 0.223 e. The summed E-state index contributed by atoms with van der Waals surface area (Å²) in [5.74, 6) is 0.476. The molecule has 0 aromatic rings. The molecule has 0 aromatic carbocycles. The van der Waals surface area contributed by atoms with Gasteiger partial charge in [0.05, 0.1) is 0 Å². The van der Waals surface area contributed by atoms with Gasteiger partial charge in [-0.1, -0.05) is 57.9 Å². The average molecular weight is 291 g/mol. The van der Waals surface area contributed by atoms with Crippen molar-refractivity contribution >= 4 is 5.91 Å². The number of hydrogen-bond acceptors (Lipinski definition) is 1. The molecule has 0 saturated carbocycles. The van der Waals surface area contributed by atoms with Crippen LogP contribution in [0.25, 0.3) is 0 Å². The lowest BCUT2D eigenvalue weighted by Gasteiger charge is -2.36. The van der Waals surface area contributed by atoms with Gasteiger partial charge in [-0.2, -0.15) is 0 Å². The molecule has 1 aliphatic carbocycles. The fourth-order valence-electron chi connectivity index (χ4n) is 2.86.